The highest BCUT2D eigenvalue weighted by molar-refractivity contribution is 8.01. The second-order valence-electron chi connectivity index (χ2n) is 4.20. The third-order valence-electron chi connectivity index (χ3n) is 2.28. The molecular formula is C11H22OS2. The van der Waals surface area contributed by atoms with Crippen LogP contribution in [0.15, 0.2) is 0 Å². The van der Waals surface area contributed by atoms with Crippen molar-refractivity contribution in [3.05, 3.63) is 0 Å². The average Bonchev–Trinajstić information content (AvgIpc) is 2.04. The molecule has 0 aromatic carbocycles. The molecule has 0 radical (unpaired) electrons. The molecular weight excluding hydrogens is 212 g/mol. The van der Waals surface area contributed by atoms with Crippen LogP contribution in [0.2, 0.25) is 0 Å². The monoisotopic (exact) mass is 234 g/mol. The van der Waals surface area contributed by atoms with E-state index < -0.39 is 0 Å². The molecule has 0 amide bonds. The molecule has 84 valence electrons. The second-order valence-corrected chi connectivity index (χ2v) is 6.16. The van der Waals surface area contributed by atoms with Crippen molar-refractivity contribution in [3.63, 3.8) is 0 Å². The molecule has 0 N–H and O–H groups in total. The van der Waals surface area contributed by atoms with Gasteiger partial charge in [-0.2, -0.15) is 23.5 Å². The van der Waals surface area contributed by atoms with Gasteiger partial charge in [0.25, 0.3) is 0 Å². The maximum atomic E-state index is 12.1. The summed E-state index contributed by atoms with van der Waals surface area (Å²) in [6.07, 6.45) is 4.06. The maximum absolute atomic E-state index is 12.1. The minimum atomic E-state index is 0.162. The van der Waals surface area contributed by atoms with Crippen LogP contribution in [0.1, 0.15) is 27.7 Å². The van der Waals surface area contributed by atoms with Crippen molar-refractivity contribution in [3.8, 4) is 0 Å². The zero-order valence-corrected chi connectivity index (χ0v) is 11.7. The van der Waals surface area contributed by atoms with Crippen molar-refractivity contribution in [2.24, 2.45) is 11.8 Å². The van der Waals surface area contributed by atoms with Gasteiger partial charge in [0.15, 0.2) is 5.78 Å². The first-order chi connectivity index (χ1) is 6.45. The Balaban J connectivity index is 4.54. The SMILES string of the molecule is CSC(C(=O)C(SC)C(C)C)C(C)C. The summed E-state index contributed by atoms with van der Waals surface area (Å²) < 4.78 is 0. The van der Waals surface area contributed by atoms with Crippen LogP contribution in [0.25, 0.3) is 0 Å². The van der Waals surface area contributed by atoms with Crippen LogP contribution >= 0.6 is 23.5 Å². The van der Waals surface area contributed by atoms with E-state index in [0.717, 1.165) is 0 Å². The molecule has 3 heteroatoms. The Morgan fingerprint density at radius 1 is 0.857 bits per heavy atom. The van der Waals surface area contributed by atoms with Crippen molar-refractivity contribution in [1.29, 1.82) is 0 Å². The number of rotatable bonds is 6. The highest BCUT2D eigenvalue weighted by atomic mass is 32.2. The first kappa shape index (κ1) is 14.4. The molecule has 0 saturated heterocycles. The zero-order chi connectivity index (χ0) is 11.3. The van der Waals surface area contributed by atoms with Gasteiger partial charge in [0.05, 0.1) is 10.5 Å². The van der Waals surface area contributed by atoms with Gasteiger partial charge in [-0.05, 0) is 24.3 Å². The largest absolute Gasteiger partial charge is 0.297 e. The van der Waals surface area contributed by atoms with E-state index in [1.54, 1.807) is 23.5 Å². The lowest BCUT2D eigenvalue weighted by atomic mass is 9.98. The maximum Gasteiger partial charge on any atom is 0.159 e. The fourth-order valence-corrected chi connectivity index (χ4v) is 3.53. The number of Topliss-reactive ketones (excluding diaryl/α,β-unsaturated/α-hetero) is 1. The zero-order valence-electron chi connectivity index (χ0n) is 10.0. The Hall–Kier alpha value is 0.370. The fraction of sp³-hybridized carbons (Fsp3) is 0.909. The summed E-state index contributed by atoms with van der Waals surface area (Å²) in [7, 11) is 0. The van der Waals surface area contributed by atoms with Crippen molar-refractivity contribution >= 4 is 29.3 Å². The summed E-state index contributed by atoms with van der Waals surface area (Å²) >= 11 is 3.37. The van der Waals surface area contributed by atoms with E-state index in [9.17, 15) is 4.79 Å². The molecule has 0 bridgehead atoms. The number of hydrogen-bond acceptors (Lipinski definition) is 3. The quantitative estimate of drug-likeness (QED) is 0.702. The summed E-state index contributed by atoms with van der Waals surface area (Å²) in [6.45, 7) is 8.49. The predicted molar refractivity (Wildman–Crippen MR) is 69.3 cm³/mol. The van der Waals surface area contributed by atoms with Crippen LogP contribution in [0.3, 0.4) is 0 Å². The Kier molecular flexibility index (Phi) is 6.96. The van der Waals surface area contributed by atoms with E-state index in [1.165, 1.54) is 0 Å². The van der Waals surface area contributed by atoms with Crippen molar-refractivity contribution in [2.75, 3.05) is 12.5 Å². The highest BCUT2D eigenvalue weighted by Gasteiger charge is 2.29. The lowest BCUT2D eigenvalue weighted by Crippen LogP contribution is -2.34. The first-order valence-electron chi connectivity index (χ1n) is 5.05. The van der Waals surface area contributed by atoms with Crippen LogP contribution in [0.4, 0.5) is 0 Å². The molecule has 0 saturated carbocycles. The van der Waals surface area contributed by atoms with E-state index in [0.29, 0.717) is 17.6 Å². The van der Waals surface area contributed by atoms with E-state index in [1.807, 2.05) is 12.5 Å². The van der Waals surface area contributed by atoms with Gasteiger partial charge in [-0.15, -0.1) is 0 Å². The molecule has 0 aliphatic rings. The van der Waals surface area contributed by atoms with Crippen LogP contribution < -0.4 is 0 Å². The van der Waals surface area contributed by atoms with E-state index in [2.05, 4.69) is 27.7 Å². The molecule has 0 aromatic heterocycles. The third-order valence-corrected chi connectivity index (χ3v) is 4.85. The van der Waals surface area contributed by atoms with Gasteiger partial charge in [0.1, 0.15) is 0 Å². The molecule has 0 rings (SSSR count). The third kappa shape index (κ3) is 3.85. The van der Waals surface area contributed by atoms with E-state index in [4.69, 9.17) is 0 Å². The fourth-order valence-electron chi connectivity index (χ4n) is 1.60. The number of ketones is 1. The molecule has 1 nitrogen and oxygen atoms in total. The lowest BCUT2D eigenvalue weighted by molar-refractivity contribution is -0.119. The summed E-state index contributed by atoms with van der Waals surface area (Å²) in [4.78, 5) is 12.1. The van der Waals surface area contributed by atoms with Gasteiger partial charge in [0, 0.05) is 0 Å². The molecule has 2 atom stereocenters. The van der Waals surface area contributed by atoms with Gasteiger partial charge < -0.3 is 0 Å². The first-order valence-corrected chi connectivity index (χ1v) is 7.62. The van der Waals surface area contributed by atoms with Crippen molar-refractivity contribution < 1.29 is 4.79 Å². The molecule has 2 unspecified atom stereocenters. The van der Waals surface area contributed by atoms with Crippen LogP contribution in [0, 0.1) is 11.8 Å². The predicted octanol–water partition coefficient (Wildman–Crippen LogP) is 3.33. The standard InChI is InChI=1S/C11H22OS2/c1-7(2)10(13-5)9(12)11(14-6)8(3)4/h7-8,10-11H,1-6H3. The van der Waals surface area contributed by atoms with E-state index in [-0.39, 0.29) is 10.5 Å². The Morgan fingerprint density at radius 2 is 1.14 bits per heavy atom. The normalized spacial score (nSPS) is 16.0. The van der Waals surface area contributed by atoms with Gasteiger partial charge in [-0.3, -0.25) is 4.79 Å². The summed E-state index contributed by atoms with van der Waals surface area (Å²) in [5.41, 5.74) is 0. The van der Waals surface area contributed by atoms with Gasteiger partial charge in [0.2, 0.25) is 0 Å². The van der Waals surface area contributed by atoms with Crippen LogP contribution in [-0.2, 0) is 4.79 Å². The van der Waals surface area contributed by atoms with Crippen LogP contribution in [-0.4, -0.2) is 28.8 Å². The lowest BCUT2D eigenvalue weighted by Gasteiger charge is -2.24. The van der Waals surface area contributed by atoms with Gasteiger partial charge in [-0.25, -0.2) is 0 Å². The van der Waals surface area contributed by atoms with Gasteiger partial charge >= 0.3 is 0 Å². The average molecular weight is 234 g/mol. The minimum Gasteiger partial charge on any atom is -0.297 e. The molecule has 0 heterocycles. The highest BCUT2D eigenvalue weighted by Crippen LogP contribution is 2.26. The smallest absolute Gasteiger partial charge is 0.159 e. The number of carbonyl (C=O) groups excluding carboxylic acids is 1. The van der Waals surface area contributed by atoms with E-state index >= 15 is 0 Å². The second kappa shape index (κ2) is 6.78. The molecule has 0 aliphatic heterocycles. The molecule has 0 aliphatic carbocycles. The Labute approximate surface area is 96.8 Å². The van der Waals surface area contributed by atoms with Crippen molar-refractivity contribution in [2.45, 2.75) is 38.2 Å². The number of carbonyl (C=O) groups is 1. The summed E-state index contributed by atoms with van der Waals surface area (Å²) in [5, 5.41) is 0.324. The Bertz CT molecular complexity index is 160. The topological polar surface area (TPSA) is 17.1 Å². The minimum absolute atomic E-state index is 0.162. The molecule has 0 fully saturated rings. The molecule has 0 spiro atoms. The Morgan fingerprint density at radius 3 is 1.29 bits per heavy atom. The molecule has 14 heavy (non-hydrogen) atoms. The summed E-state index contributed by atoms with van der Waals surface area (Å²) in [6, 6.07) is 0. The number of hydrogen-bond donors (Lipinski definition) is 0. The summed E-state index contributed by atoms with van der Waals surface area (Å²) in [5.74, 6) is 1.28. The molecule has 0 aromatic rings. The number of thioether (sulfide) groups is 2. The van der Waals surface area contributed by atoms with Gasteiger partial charge in [-0.1, -0.05) is 27.7 Å². The van der Waals surface area contributed by atoms with Crippen LogP contribution in [0.5, 0.6) is 0 Å². The van der Waals surface area contributed by atoms with Crippen molar-refractivity contribution in [1.82, 2.24) is 0 Å².